The summed E-state index contributed by atoms with van der Waals surface area (Å²) in [4.78, 5) is 12.1. The van der Waals surface area contributed by atoms with Crippen molar-refractivity contribution in [3.8, 4) is 17.2 Å². The van der Waals surface area contributed by atoms with E-state index in [0.29, 0.717) is 12.3 Å². The Labute approximate surface area is 141 Å². The van der Waals surface area contributed by atoms with Crippen LogP contribution in [0.15, 0.2) is 36.4 Å². The van der Waals surface area contributed by atoms with Crippen molar-refractivity contribution in [2.24, 2.45) is 0 Å². The van der Waals surface area contributed by atoms with Gasteiger partial charge in [0.15, 0.2) is 0 Å². The van der Waals surface area contributed by atoms with E-state index in [4.69, 9.17) is 4.74 Å². The van der Waals surface area contributed by atoms with E-state index in [9.17, 15) is 15.0 Å². The molecule has 6 heteroatoms. The van der Waals surface area contributed by atoms with Crippen LogP contribution in [-0.4, -0.2) is 22.9 Å². The fourth-order valence-electron chi connectivity index (χ4n) is 2.40. The topological polar surface area (TPSA) is 90.8 Å². The zero-order valence-electron chi connectivity index (χ0n) is 14.0. The number of rotatable bonds is 5. The number of urea groups is 1. The Balaban J connectivity index is 2.10. The summed E-state index contributed by atoms with van der Waals surface area (Å²) in [5, 5.41) is 24.3. The lowest BCUT2D eigenvalue weighted by atomic mass is 10.0. The van der Waals surface area contributed by atoms with Crippen molar-refractivity contribution in [3.63, 3.8) is 0 Å². The second kappa shape index (κ2) is 7.59. The molecule has 0 saturated carbocycles. The van der Waals surface area contributed by atoms with Gasteiger partial charge in [0.2, 0.25) is 0 Å². The molecule has 128 valence electrons. The largest absolute Gasteiger partial charge is 0.508 e. The zero-order valence-corrected chi connectivity index (χ0v) is 14.0. The maximum absolute atomic E-state index is 12.1. The van der Waals surface area contributed by atoms with E-state index in [1.54, 1.807) is 0 Å². The van der Waals surface area contributed by atoms with Gasteiger partial charge in [0, 0.05) is 29.4 Å². The first kappa shape index (κ1) is 17.5. The average molecular weight is 330 g/mol. The van der Waals surface area contributed by atoms with Gasteiger partial charge in [-0.15, -0.1) is 0 Å². The number of aryl methyl sites for hydroxylation is 1. The Morgan fingerprint density at radius 1 is 1.17 bits per heavy atom. The van der Waals surface area contributed by atoms with Crippen molar-refractivity contribution in [1.29, 1.82) is 0 Å². The molecule has 0 radical (unpaired) electrons. The van der Waals surface area contributed by atoms with Gasteiger partial charge >= 0.3 is 6.03 Å². The fourth-order valence-corrected chi connectivity index (χ4v) is 2.40. The smallest absolute Gasteiger partial charge is 0.319 e. The minimum Gasteiger partial charge on any atom is -0.508 e. The molecular formula is C18H22N2O4. The molecule has 0 heterocycles. The number of benzene rings is 2. The van der Waals surface area contributed by atoms with Gasteiger partial charge in [0.05, 0.1) is 12.6 Å². The van der Waals surface area contributed by atoms with E-state index in [-0.39, 0.29) is 17.5 Å². The quantitative estimate of drug-likeness (QED) is 0.673. The van der Waals surface area contributed by atoms with Crippen LogP contribution >= 0.6 is 0 Å². The highest BCUT2D eigenvalue weighted by Gasteiger charge is 2.15. The molecule has 0 aliphatic heterocycles. The molecule has 1 atom stereocenters. The lowest BCUT2D eigenvalue weighted by Crippen LogP contribution is -2.31. The molecule has 2 rings (SSSR count). The summed E-state index contributed by atoms with van der Waals surface area (Å²) in [5.74, 6) is 0.470. The van der Waals surface area contributed by atoms with Gasteiger partial charge in [-0.2, -0.15) is 0 Å². The van der Waals surface area contributed by atoms with E-state index in [0.717, 1.165) is 16.9 Å². The van der Waals surface area contributed by atoms with Crippen molar-refractivity contribution in [2.75, 3.05) is 11.9 Å². The SMILES string of the molecule is CCOc1ccc(C)cc1C(C)NC(=O)Nc1cc(O)cc(O)c1. The van der Waals surface area contributed by atoms with Crippen LogP contribution in [0, 0.1) is 6.92 Å². The van der Waals surface area contributed by atoms with E-state index < -0.39 is 6.03 Å². The number of amides is 2. The zero-order chi connectivity index (χ0) is 17.7. The predicted molar refractivity (Wildman–Crippen MR) is 92.7 cm³/mol. The van der Waals surface area contributed by atoms with Gasteiger partial charge in [-0.1, -0.05) is 17.7 Å². The summed E-state index contributed by atoms with van der Waals surface area (Å²) < 4.78 is 5.61. The summed E-state index contributed by atoms with van der Waals surface area (Å²) in [6, 6.07) is 8.97. The Hall–Kier alpha value is -2.89. The number of carbonyl (C=O) groups is 1. The molecule has 0 fully saturated rings. The van der Waals surface area contributed by atoms with Crippen molar-refractivity contribution >= 4 is 11.7 Å². The van der Waals surface area contributed by atoms with Gasteiger partial charge in [-0.25, -0.2) is 4.79 Å². The van der Waals surface area contributed by atoms with Gasteiger partial charge < -0.3 is 25.6 Å². The Morgan fingerprint density at radius 2 is 1.83 bits per heavy atom. The van der Waals surface area contributed by atoms with Crippen LogP contribution in [-0.2, 0) is 0 Å². The third kappa shape index (κ3) is 4.55. The van der Waals surface area contributed by atoms with Gasteiger partial charge in [0.25, 0.3) is 0 Å². The monoisotopic (exact) mass is 330 g/mol. The van der Waals surface area contributed by atoms with Crippen LogP contribution < -0.4 is 15.4 Å². The van der Waals surface area contributed by atoms with Crippen LogP contribution in [0.3, 0.4) is 0 Å². The van der Waals surface area contributed by atoms with Crippen LogP contribution in [0.5, 0.6) is 17.2 Å². The highest BCUT2D eigenvalue weighted by molar-refractivity contribution is 5.90. The Bertz CT molecular complexity index is 711. The van der Waals surface area contributed by atoms with Crippen molar-refractivity contribution in [2.45, 2.75) is 26.8 Å². The maximum Gasteiger partial charge on any atom is 0.319 e. The second-order valence-electron chi connectivity index (χ2n) is 5.53. The number of phenolic OH excluding ortho intramolecular Hbond substituents is 2. The molecule has 4 N–H and O–H groups in total. The molecule has 0 saturated heterocycles. The first-order valence-electron chi connectivity index (χ1n) is 7.73. The number of hydrogen-bond donors (Lipinski definition) is 4. The first-order chi connectivity index (χ1) is 11.4. The van der Waals surface area contributed by atoms with Crippen LogP contribution in [0.4, 0.5) is 10.5 Å². The highest BCUT2D eigenvalue weighted by atomic mass is 16.5. The lowest BCUT2D eigenvalue weighted by Gasteiger charge is -2.19. The summed E-state index contributed by atoms with van der Waals surface area (Å²) in [6.07, 6.45) is 0. The normalized spacial score (nSPS) is 11.6. The van der Waals surface area contributed by atoms with Gasteiger partial charge in [0.1, 0.15) is 17.2 Å². The number of aromatic hydroxyl groups is 2. The van der Waals surface area contributed by atoms with E-state index >= 15 is 0 Å². The molecule has 6 nitrogen and oxygen atoms in total. The second-order valence-corrected chi connectivity index (χ2v) is 5.53. The standard InChI is InChI=1S/C18H22N2O4/c1-4-24-17-6-5-11(2)7-16(17)12(3)19-18(23)20-13-8-14(21)10-15(22)9-13/h5-10,12,21-22H,4H2,1-3H3,(H2,19,20,23). The number of phenols is 2. The van der Waals surface area contributed by atoms with Crippen molar-refractivity contribution in [1.82, 2.24) is 5.32 Å². The minimum absolute atomic E-state index is 0.129. The fraction of sp³-hybridized carbons (Fsp3) is 0.278. The summed E-state index contributed by atoms with van der Waals surface area (Å²) in [6.45, 7) is 6.28. The van der Waals surface area contributed by atoms with Gasteiger partial charge in [-0.05, 0) is 26.8 Å². The summed E-state index contributed by atoms with van der Waals surface area (Å²) in [5.41, 5.74) is 2.25. The van der Waals surface area contributed by atoms with Crippen LogP contribution in [0.2, 0.25) is 0 Å². The Morgan fingerprint density at radius 3 is 2.46 bits per heavy atom. The minimum atomic E-state index is -0.448. The van der Waals surface area contributed by atoms with E-state index in [2.05, 4.69) is 10.6 Å². The number of anilines is 1. The predicted octanol–water partition coefficient (Wildman–Crippen LogP) is 3.69. The molecule has 0 bridgehead atoms. The first-order valence-corrected chi connectivity index (χ1v) is 7.73. The maximum atomic E-state index is 12.1. The highest BCUT2D eigenvalue weighted by Crippen LogP contribution is 2.27. The van der Waals surface area contributed by atoms with E-state index in [1.807, 2.05) is 39.0 Å². The average Bonchev–Trinajstić information content (AvgIpc) is 2.47. The molecular weight excluding hydrogens is 308 g/mol. The molecule has 2 amide bonds. The molecule has 2 aromatic rings. The molecule has 1 unspecified atom stereocenters. The summed E-state index contributed by atoms with van der Waals surface area (Å²) >= 11 is 0. The molecule has 0 aliphatic carbocycles. The summed E-state index contributed by atoms with van der Waals surface area (Å²) in [7, 11) is 0. The third-order valence-electron chi connectivity index (χ3n) is 3.44. The molecule has 0 aliphatic rings. The molecule has 2 aromatic carbocycles. The lowest BCUT2D eigenvalue weighted by molar-refractivity contribution is 0.249. The Kier molecular flexibility index (Phi) is 5.52. The number of carbonyl (C=O) groups excluding carboxylic acids is 1. The van der Waals surface area contributed by atoms with Gasteiger partial charge in [-0.3, -0.25) is 0 Å². The number of ether oxygens (including phenoxy) is 1. The molecule has 0 spiro atoms. The molecule has 24 heavy (non-hydrogen) atoms. The van der Waals surface area contributed by atoms with Crippen LogP contribution in [0.25, 0.3) is 0 Å². The number of nitrogens with one attached hydrogen (secondary N) is 2. The van der Waals surface area contributed by atoms with Crippen molar-refractivity contribution < 1.29 is 19.7 Å². The van der Waals surface area contributed by atoms with E-state index in [1.165, 1.54) is 18.2 Å². The van der Waals surface area contributed by atoms with Crippen molar-refractivity contribution in [3.05, 3.63) is 47.5 Å². The number of hydrogen-bond acceptors (Lipinski definition) is 4. The van der Waals surface area contributed by atoms with Crippen LogP contribution in [0.1, 0.15) is 31.0 Å². The third-order valence-corrected chi connectivity index (χ3v) is 3.44. The molecule has 0 aromatic heterocycles.